The van der Waals surface area contributed by atoms with Gasteiger partial charge in [0, 0.05) is 26.1 Å². The molecule has 1 amide bonds. The molecule has 1 aliphatic rings. The van der Waals surface area contributed by atoms with Crippen molar-refractivity contribution in [2.75, 3.05) is 31.6 Å². The number of carbonyl (C=O) groups is 1. The van der Waals surface area contributed by atoms with Gasteiger partial charge in [-0.05, 0) is 30.3 Å². The van der Waals surface area contributed by atoms with Gasteiger partial charge in [-0.15, -0.1) is 0 Å². The molecule has 1 unspecified atom stereocenters. The van der Waals surface area contributed by atoms with Gasteiger partial charge in [0.05, 0.1) is 22.2 Å². The van der Waals surface area contributed by atoms with Crippen molar-refractivity contribution in [3.05, 3.63) is 53.1 Å². The van der Waals surface area contributed by atoms with Gasteiger partial charge in [0.15, 0.2) is 11.6 Å². The van der Waals surface area contributed by atoms with Crippen LogP contribution >= 0.6 is 11.6 Å². The largest absolute Gasteiger partial charge is 0.488 e. The third-order valence-corrected chi connectivity index (χ3v) is 6.48. The molecule has 1 heterocycles. The third kappa shape index (κ3) is 5.25. The molecule has 1 N–H and O–H groups in total. The number of halogens is 3. The van der Waals surface area contributed by atoms with Gasteiger partial charge in [0.1, 0.15) is 18.5 Å². The second-order valence-corrected chi connectivity index (χ2v) is 8.91. The molecule has 3 rings (SSSR count). The first-order chi connectivity index (χ1) is 14.2. The van der Waals surface area contributed by atoms with E-state index in [0.29, 0.717) is 5.69 Å². The lowest BCUT2D eigenvalue weighted by Gasteiger charge is -2.32. The summed E-state index contributed by atoms with van der Waals surface area (Å²) in [5.74, 6) is -2.00. The summed E-state index contributed by atoms with van der Waals surface area (Å²) in [5.41, 5.74) is 0.300. The third-order valence-electron chi connectivity index (χ3n) is 4.31. The molecular formula is C19H19ClF2N2O5S. The first-order valence-corrected chi connectivity index (χ1v) is 10.8. The Morgan fingerprint density at radius 3 is 2.77 bits per heavy atom. The molecule has 0 aromatic heterocycles. The van der Waals surface area contributed by atoms with Crippen molar-refractivity contribution in [1.82, 2.24) is 4.31 Å². The zero-order valence-electron chi connectivity index (χ0n) is 15.9. The van der Waals surface area contributed by atoms with Crippen LogP contribution in [0.4, 0.5) is 14.5 Å². The van der Waals surface area contributed by atoms with E-state index in [4.69, 9.17) is 21.1 Å². The number of rotatable bonds is 6. The van der Waals surface area contributed by atoms with E-state index in [1.165, 1.54) is 29.4 Å². The summed E-state index contributed by atoms with van der Waals surface area (Å²) in [6.07, 6.45) is -0.676. The second-order valence-electron chi connectivity index (χ2n) is 6.56. The molecule has 0 spiro atoms. The highest BCUT2D eigenvalue weighted by molar-refractivity contribution is 7.89. The average molecular weight is 461 g/mol. The predicted molar refractivity (Wildman–Crippen MR) is 106 cm³/mol. The van der Waals surface area contributed by atoms with Crippen LogP contribution in [0.2, 0.25) is 5.02 Å². The van der Waals surface area contributed by atoms with E-state index in [0.717, 1.165) is 18.2 Å². The Labute approximate surface area is 177 Å². The summed E-state index contributed by atoms with van der Waals surface area (Å²) in [6, 6.07) is 6.82. The molecule has 0 aliphatic carbocycles. The number of anilines is 1. The molecule has 2 aromatic carbocycles. The zero-order valence-corrected chi connectivity index (χ0v) is 17.5. The molecule has 0 bridgehead atoms. The Hall–Kier alpha value is -2.27. The number of morpholine rings is 1. The summed E-state index contributed by atoms with van der Waals surface area (Å²) in [7, 11) is -3.89. The number of carbonyl (C=O) groups excluding carboxylic acids is 1. The van der Waals surface area contributed by atoms with Gasteiger partial charge >= 0.3 is 0 Å². The number of hydrogen-bond donors (Lipinski definition) is 1. The predicted octanol–water partition coefficient (Wildman–Crippen LogP) is 3.05. The van der Waals surface area contributed by atoms with E-state index >= 15 is 0 Å². The van der Waals surface area contributed by atoms with E-state index in [1.807, 2.05) is 0 Å². The molecule has 1 atom stereocenters. The van der Waals surface area contributed by atoms with Gasteiger partial charge in [0.2, 0.25) is 15.9 Å². The molecule has 2 aromatic rings. The number of ether oxygens (including phenoxy) is 2. The van der Waals surface area contributed by atoms with Gasteiger partial charge < -0.3 is 14.8 Å². The maximum atomic E-state index is 13.7. The maximum absolute atomic E-state index is 13.7. The first kappa shape index (κ1) is 22.4. The summed E-state index contributed by atoms with van der Waals surface area (Å²) < 4.78 is 64.8. The molecule has 1 aliphatic heterocycles. The molecule has 0 radical (unpaired) electrons. The van der Waals surface area contributed by atoms with Crippen LogP contribution in [0.25, 0.3) is 0 Å². The molecule has 1 fully saturated rings. The van der Waals surface area contributed by atoms with Crippen molar-refractivity contribution in [2.24, 2.45) is 0 Å². The fourth-order valence-corrected chi connectivity index (χ4v) is 4.65. The number of benzene rings is 2. The lowest BCUT2D eigenvalue weighted by Crippen LogP contribution is -2.47. The molecule has 30 heavy (non-hydrogen) atoms. The minimum atomic E-state index is -3.89. The number of hydrogen-bond acceptors (Lipinski definition) is 5. The second kappa shape index (κ2) is 9.25. The lowest BCUT2D eigenvalue weighted by atomic mass is 10.3. The van der Waals surface area contributed by atoms with Crippen LogP contribution in [0.3, 0.4) is 0 Å². The zero-order chi connectivity index (χ0) is 21.9. The van der Waals surface area contributed by atoms with Crippen molar-refractivity contribution in [3.63, 3.8) is 0 Å². The van der Waals surface area contributed by atoms with Gasteiger partial charge in [-0.2, -0.15) is 4.31 Å². The van der Waals surface area contributed by atoms with E-state index in [1.54, 1.807) is 0 Å². The van der Waals surface area contributed by atoms with Crippen LogP contribution in [0.15, 0.2) is 41.3 Å². The van der Waals surface area contributed by atoms with Crippen molar-refractivity contribution in [3.8, 4) is 5.75 Å². The quantitative estimate of drug-likeness (QED) is 0.716. The van der Waals surface area contributed by atoms with Crippen LogP contribution in [0, 0.1) is 11.6 Å². The molecule has 7 nitrogen and oxygen atoms in total. The SMILES string of the molecule is CC(=O)Nc1ccc(S(=O)(=O)N2CCOC(COc3cc(F)ccc3F)C2)cc1Cl. The summed E-state index contributed by atoms with van der Waals surface area (Å²) in [4.78, 5) is 11.1. The summed E-state index contributed by atoms with van der Waals surface area (Å²) in [5, 5.41) is 2.59. The minimum absolute atomic E-state index is 0.0374. The standard InChI is InChI=1S/C19H19ClF2N2O5S/c1-12(25)23-18-5-3-15(9-16(18)20)30(26,27)24-6-7-28-14(10-24)11-29-19-8-13(21)2-4-17(19)22/h2-5,8-9,14H,6-7,10-11H2,1H3,(H,23,25). The van der Waals surface area contributed by atoms with E-state index in [9.17, 15) is 22.0 Å². The highest BCUT2D eigenvalue weighted by Gasteiger charge is 2.31. The molecule has 1 saturated heterocycles. The van der Waals surface area contributed by atoms with Crippen molar-refractivity contribution < 1.29 is 31.5 Å². The smallest absolute Gasteiger partial charge is 0.243 e. The molecule has 0 saturated carbocycles. The fourth-order valence-electron chi connectivity index (χ4n) is 2.88. The normalized spacial score (nSPS) is 17.5. The average Bonchev–Trinajstić information content (AvgIpc) is 2.70. The number of nitrogens with one attached hydrogen (secondary N) is 1. The Morgan fingerprint density at radius 2 is 2.07 bits per heavy atom. The van der Waals surface area contributed by atoms with Crippen molar-refractivity contribution in [2.45, 2.75) is 17.9 Å². The van der Waals surface area contributed by atoms with Crippen LogP contribution < -0.4 is 10.1 Å². The van der Waals surface area contributed by atoms with E-state index in [-0.39, 0.29) is 47.9 Å². The van der Waals surface area contributed by atoms with Gasteiger partial charge in [-0.25, -0.2) is 17.2 Å². The fraction of sp³-hybridized carbons (Fsp3) is 0.316. The molecule has 162 valence electrons. The highest BCUT2D eigenvalue weighted by Crippen LogP contribution is 2.28. The minimum Gasteiger partial charge on any atom is -0.488 e. The van der Waals surface area contributed by atoms with Gasteiger partial charge in [0.25, 0.3) is 0 Å². The van der Waals surface area contributed by atoms with Crippen molar-refractivity contribution >= 4 is 33.2 Å². The number of amides is 1. The first-order valence-electron chi connectivity index (χ1n) is 8.93. The molecular weight excluding hydrogens is 442 g/mol. The Kier molecular flexibility index (Phi) is 6.91. The van der Waals surface area contributed by atoms with Crippen LogP contribution in [-0.4, -0.2) is 51.0 Å². The highest BCUT2D eigenvalue weighted by atomic mass is 35.5. The summed E-state index contributed by atoms with van der Waals surface area (Å²) in [6.45, 7) is 1.33. The van der Waals surface area contributed by atoms with Crippen molar-refractivity contribution in [1.29, 1.82) is 0 Å². The van der Waals surface area contributed by atoms with Crippen LogP contribution in [0.5, 0.6) is 5.75 Å². The molecule has 11 heteroatoms. The number of sulfonamides is 1. The number of nitrogens with zero attached hydrogens (tertiary/aromatic N) is 1. The monoisotopic (exact) mass is 460 g/mol. The Balaban J connectivity index is 1.70. The van der Waals surface area contributed by atoms with E-state index in [2.05, 4.69) is 5.32 Å². The van der Waals surface area contributed by atoms with E-state index < -0.39 is 27.8 Å². The summed E-state index contributed by atoms with van der Waals surface area (Å²) >= 11 is 6.08. The lowest BCUT2D eigenvalue weighted by molar-refractivity contribution is -0.114. The maximum Gasteiger partial charge on any atom is 0.243 e. The Morgan fingerprint density at radius 1 is 1.30 bits per heavy atom. The van der Waals surface area contributed by atoms with Gasteiger partial charge in [-0.1, -0.05) is 11.6 Å². The topological polar surface area (TPSA) is 84.9 Å². The van der Waals surface area contributed by atoms with Gasteiger partial charge in [-0.3, -0.25) is 4.79 Å². The van der Waals surface area contributed by atoms with Crippen LogP contribution in [0.1, 0.15) is 6.92 Å². The Bertz CT molecular complexity index is 1050. The van der Waals surface area contributed by atoms with Crippen LogP contribution in [-0.2, 0) is 19.6 Å².